The second kappa shape index (κ2) is 6.08. The van der Waals surface area contributed by atoms with Gasteiger partial charge in [0.05, 0.1) is 18.2 Å². The molecular formula is C11H23NO3. The van der Waals surface area contributed by atoms with Crippen molar-refractivity contribution < 1.29 is 14.6 Å². The van der Waals surface area contributed by atoms with Crippen molar-refractivity contribution in [2.45, 2.75) is 46.3 Å². The Hall–Kier alpha value is -0.610. The first kappa shape index (κ1) is 14.4. The highest BCUT2D eigenvalue weighted by molar-refractivity contribution is 5.77. The molecule has 4 heteroatoms. The van der Waals surface area contributed by atoms with Crippen molar-refractivity contribution in [3.05, 3.63) is 0 Å². The highest BCUT2D eigenvalue weighted by Crippen LogP contribution is 2.06. The van der Waals surface area contributed by atoms with Crippen LogP contribution >= 0.6 is 0 Å². The number of nitrogens with one attached hydrogen (secondary N) is 1. The van der Waals surface area contributed by atoms with E-state index in [1.165, 1.54) is 0 Å². The van der Waals surface area contributed by atoms with Crippen LogP contribution in [-0.4, -0.2) is 35.9 Å². The molecule has 90 valence electrons. The predicted molar refractivity (Wildman–Crippen MR) is 59.6 cm³/mol. The maximum atomic E-state index is 11.4. The van der Waals surface area contributed by atoms with Crippen LogP contribution < -0.4 is 5.32 Å². The molecule has 0 unspecified atom stereocenters. The van der Waals surface area contributed by atoms with E-state index in [1.807, 2.05) is 34.6 Å². The zero-order valence-corrected chi connectivity index (χ0v) is 10.3. The van der Waals surface area contributed by atoms with Crippen LogP contribution in [0.1, 0.15) is 34.6 Å². The second-order valence-corrected chi connectivity index (χ2v) is 5.00. The van der Waals surface area contributed by atoms with Crippen LogP contribution in [0, 0.1) is 5.92 Å². The quantitative estimate of drug-likeness (QED) is 0.720. The van der Waals surface area contributed by atoms with E-state index in [1.54, 1.807) is 0 Å². The van der Waals surface area contributed by atoms with E-state index in [0.29, 0.717) is 0 Å². The molecule has 0 spiro atoms. The Morgan fingerprint density at radius 1 is 1.40 bits per heavy atom. The first-order valence-corrected chi connectivity index (χ1v) is 5.30. The molecule has 0 heterocycles. The summed E-state index contributed by atoms with van der Waals surface area (Å²) in [6.45, 7) is 9.58. The zero-order valence-electron chi connectivity index (χ0n) is 10.3. The van der Waals surface area contributed by atoms with Crippen LogP contribution in [0.15, 0.2) is 0 Å². The number of aliphatic hydroxyl groups is 1. The number of ether oxygens (including phenoxy) is 1. The first-order valence-electron chi connectivity index (χ1n) is 5.30. The van der Waals surface area contributed by atoms with Crippen LogP contribution in [-0.2, 0) is 9.53 Å². The third-order valence-corrected chi connectivity index (χ3v) is 1.98. The normalized spacial score (nSPS) is 14.1. The Morgan fingerprint density at radius 3 is 2.27 bits per heavy atom. The summed E-state index contributed by atoms with van der Waals surface area (Å²) in [4.78, 5) is 11.4. The molecule has 0 saturated carbocycles. The number of rotatable bonds is 5. The van der Waals surface area contributed by atoms with E-state index in [2.05, 4.69) is 5.32 Å². The van der Waals surface area contributed by atoms with Gasteiger partial charge in [0.15, 0.2) is 0 Å². The molecule has 0 aliphatic heterocycles. The van der Waals surface area contributed by atoms with Gasteiger partial charge >= 0.3 is 0 Å². The molecule has 0 fully saturated rings. The van der Waals surface area contributed by atoms with E-state index in [9.17, 15) is 4.79 Å². The van der Waals surface area contributed by atoms with Crippen molar-refractivity contribution >= 4 is 5.91 Å². The van der Waals surface area contributed by atoms with E-state index < -0.39 is 0 Å². The van der Waals surface area contributed by atoms with Gasteiger partial charge in [0.1, 0.15) is 6.61 Å². The van der Waals surface area contributed by atoms with Crippen LogP contribution in [0.3, 0.4) is 0 Å². The fraction of sp³-hybridized carbons (Fsp3) is 0.909. The fourth-order valence-corrected chi connectivity index (χ4v) is 0.954. The van der Waals surface area contributed by atoms with Gasteiger partial charge in [-0.25, -0.2) is 0 Å². The molecule has 0 aromatic rings. The minimum atomic E-state index is -0.316. The second-order valence-electron chi connectivity index (χ2n) is 5.00. The molecule has 2 N–H and O–H groups in total. The summed E-state index contributed by atoms with van der Waals surface area (Å²) in [6, 6.07) is -0.193. The van der Waals surface area contributed by atoms with Crippen molar-refractivity contribution in [1.29, 1.82) is 0 Å². The Labute approximate surface area is 92.0 Å². The molecule has 0 bridgehead atoms. The largest absolute Gasteiger partial charge is 0.394 e. The summed E-state index contributed by atoms with van der Waals surface area (Å²) in [6.07, 6.45) is 0. The van der Waals surface area contributed by atoms with Gasteiger partial charge in [-0.2, -0.15) is 0 Å². The van der Waals surface area contributed by atoms with Gasteiger partial charge in [-0.1, -0.05) is 13.8 Å². The molecule has 0 saturated heterocycles. The maximum Gasteiger partial charge on any atom is 0.246 e. The third-order valence-electron chi connectivity index (χ3n) is 1.98. The summed E-state index contributed by atoms with van der Waals surface area (Å²) in [5, 5.41) is 11.7. The highest BCUT2D eigenvalue weighted by Gasteiger charge is 2.17. The van der Waals surface area contributed by atoms with Crippen molar-refractivity contribution in [3.8, 4) is 0 Å². The summed E-state index contributed by atoms with van der Waals surface area (Å²) in [7, 11) is 0. The van der Waals surface area contributed by atoms with Gasteiger partial charge in [0.25, 0.3) is 0 Å². The minimum Gasteiger partial charge on any atom is -0.394 e. The number of aliphatic hydroxyl groups excluding tert-OH is 1. The van der Waals surface area contributed by atoms with Crippen LogP contribution in [0.2, 0.25) is 0 Å². The monoisotopic (exact) mass is 217 g/mol. The van der Waals surface area contributed by atoms with Crippen molar-refractivity contribution in [2.75, 3.05) is 13.2 Å². The smallest absolute Gasteiger partial charge is 0.246 e. The topological polar surface area (TPSA) is 58.6 Å². The summed E-state index contributed by atoms with van der Waals surface area (Å²) >= 11 is 0. The van der Waals surface area contributed by atoms with E-state index in [0.717, 1.165) is 0 Å². The van der Waals surface area contributed by atoms with Gasteiger partial charge in [0, 0.05) is 0 Å². The summed E-state index contributed by atoms with van der Waals surface area (Å²) in [5.41, 5.74) is -0.316. The molecule has 0 radical (unpaired) electrons. The van der Waals surface area contributed by atoms with E-state index in [4.69, 9.17) is 9.84 Å². The standard InChI is InChI=1S/C11H23NO3/c1-8(2)9(6-13)12-10(14)7-15-11(3,4)5/h8-9,13H,6-7H2,1-5H3,(H,12,14)/t9-/m1/s1. The Bertz CT molecular complexity index is 196. The number of carbonyl (C=O) groups is 1. The Balaban J connectivity index is 3.92. The van der Waals surface area contributed by atoms with Crippen molar-refractivity contribution in [2.24, 2.45) is 5.92 Å². The third kappa shape index (κ3) is 7.33. The lowest BCUT2D eigenvalue weighted by Gasteiger charge is -2.22. The Morgan fingerprint density at radius 2 is 1.93 bits per heavy atom. The zero-order chi connectivity index (χ0) is 12.1. The first-order chi connectivity index (χ1) is 6.76. The lowest BCUT2D eigenvalue weighted by Crippen LogP contribution is -2.43. The summed E-state index contributed by atoms with van der Waals surface area (Å²) < 4.78 is 5.32. The SMILES string of the molecule is CC(C)[C@@H](CO)NC(=O)COC(C)(C)C. The van der Waals surface area contributed by atoms with Gasteiger partial charge in [-0.3, -0.25) is 4.79 Å². The minimum absolute atomic E-state index is 0.0344. The molecule has 0 aromatic heterocycles. The summed E-state index contributed by atoms with van der Waals surface area (Å²) in [5.74, 6) is 0.0336. The molecular weight excluding hydrogens is 194 g/mol. The lowest BCUT2D eigenvalue weighted by atomic mass is 10.1. The molecule has 0 rings (SSSR count). The molecule has 1 amide bonds. The van der Waals surface area contributed by atoms with Crippen LogP contribution in [0.5, 0.6) is 0 Å². The van der Waals surface area contributed by atoms with E-state index in [-0.39, 0.29) is 36.7 Å². The molecule has 1 atom stereocenters. The maximum absolute atomic E-state index is 11.4. The number of hydrogen-bond donors (Lipinski definition) is 2. The van der Waals surface area contributed by atoms with Crippen LogP contribution in [0.25, 0.3) is 0 Å². The van der Waals surface area contributed by atoms with Crippen LogP contribution in [0.4, 0.5) is 0 Å². The van der Waals surface area contributed by atoms with Crippen molar-refractivity contribution in [1.82, 2.24) is 5.32 Å². The highest BCUT2D eigenvalue weighted by atomic mass is 16.5. The number of hydrogen-bond acceptors (Lipinski definition) is 3. The molecule has 0 aliphatic rings. The van der Waals surface area contributed by atoms with E-state index >= 15 is 0 Å². The molecule has 15 heavy (non-hydrogen) atoms. The van der Waals surface area contributed by atoms with Gasteiger partial charge in [0.2, 0.25) is 5.91 Å². The number of amides is 1. The Kier molecular flexibility index (Phi) is 5.83. The van der Waals surface area contributed by atoms with Gasteiger partial charge in [-0.15, -0.1) is 0 Å². The van der Waals surface area contributed by atoms with Gasteiger partial charge in [-0.05, 0) is 26.7 Å². The van der Waals surface area contributed by atoms with Crippen molar-refractivity contribution in [3.63, 3.8) is 0 Å². The molecule has 4 nitrogen and oxygen atoms in total. The van der Waals surface area contributed by atoms with Gasteiger partial charge < -0.3 is 15.2 Å². The molecule has 0 aliphatic carbocycles. The fourth-order valence-electron chi connectivity index (χ4n) is 0.954. The molecule has 0 aromatic carbocycles. The predicted octanol–water partition coefficient (Wildman–Crippen LogP) is 0.935. The average molecular weight is 217 g/mol. The lowest BCUT2D eigenvalue weighted by molar-refractivity contribution is -0.131. The average Bonchev–Trinajstić information content (AvgIpc) is 2.09. The number of carbonyl (C=O) groups excluding carboxylic acids is 1.